The van der Waals surface area contributed by atoms with E-state index in [9.17, 15) is 4.79 Å². The van der Waals surface area contributed by atoms with Crippen LogP contribution in [-0.4, -0.2) is 26.1 Å². The van der Waals surface area contributed by atoms with Crippen LogP contribution in [-0.2, 0) is 14.2 Å². The zero-order valence-corrected chi connectivity index (χ0v) is 13.0. The van der Waals surface area contributed by atoms with Crippen molar-refractivity contribution in [2.24, 2.45) is 5.73 Å². The first-order valence-electron chi connectivity index (χ1n) is 7.21. The van der Waals surface area contributed by atoms with Gasteiger partial charge >= 0.3 is 6.09 Å². The average Bonchev–Trinajstić information content (AvgIpc) is 2.44. The van der Waals surface area contributed by atoms with E-state index in [4.69, 9.17) is 19.9 Å². The van der Waals surface area contributed by atoms with Crippen molar-refractivity contribution in [2.45, 2.75) is 45.3 Å². The van der Waals surface area contributed by atoms with Gasteiger partial charge in [0.15, 0.2) is 0 Å². The van der Waals surface area contributed by atoms with Crippen LogP contribution in [0.15, 0.2) is 24.3 Å². The Morgan fingerprint density at radius 3 is 2.71 bits per heavy atom. The molecule has 0 saturated carbocycles. The molecule has 0 bridgehead atoms. The highest BCUT2D eigenvalue weighted by Gasteiger charge is 2.27. The Hall–Kier alpha value is -1.59. The molecule has 5 nitrogen and oxygen atoms in total. The molecule has 0 spiro atoms. The second-order valence-electron chi connectivity index (χ2n) is 5.03. The van der Waals surface area contributed by atoms with E-state index in [1.165, 1.54) is 0 Å². The molecule has 0 radical (unpaired) electrons. The maximum atomic E-state index is 11.2. The molecule has 2 N–H and O–H groups in total. The highest BCUT2D eigenvalue weighted by atomic mass is 16.7. The summed E-state index contributed by atoms with van der Waals surface area (Å²) in [5.74, 6) is 0. The van der Waals surface area contributed by atoms with E-state index in [1.807, 2.05) is 31.2 Å². The molecule has 2 atom stereocenters. The smallest absolute Gasteiger partial charge is 0.404 e. The molecule has 0 aliphatic heterocycles. The second-order valence-corrected chi connectivity index (χ2v) is 5.03. The van der Waals surface area contributed by atoms with Crippen molar-refractivity contribution >= 4 is 6.09 Å². The number of amides is 1. The van der Waals surface area contributed by atoms with Crippen LogP contribution in [0.5, 0.6) is 0 Å². The van der Waals surface area contributed by atoms with E-state index in [0.717, 1.165) is 24.0 Å². The number of rotatable bonds is 9. The van der Waals surface area contributed by atoms with Crippen molar-refractivity contribution in [1.82, 2.24) is 0 Å². The molecule has 2 unspecified atom stereocenters. The van der Waals surface area contributed by atoms with Gasteiger partial charge in [-0.1, -0.05) is 43.2 Å². The van der Waals surface area contributed by atoms with Crippen LogP contribution in [0.4, 0.5) is 4.79 Å². The number of nitrogens with two attached hydrogens (primary N) is 1. The van der Waals surface area contributed by atoms with Gasteiger partial charge in [-0.05, 0) is 25.3 Å². The fraction of sp³-hybridized carbons (Fsp3) is 0.562. The molecule has 0 aliphatic rings. The number of carbonyl (C=O) groups is 1. The molecule has 0 heterocycles. The van der Waals surface area contributed by atoms with Gasteiger partial charge in [0.25, 0.3) is 0 Å². The van der Waals surface area contributed by atoms with E-state index in [2.05, 4.69) is 6.92 Å². The number of aryl methyl sites for hydroxylation is 1. The van der Waals surface area contributed by atoms with Crippen molar-refractivity contribution in [2.75, 3.05) is 13.9 Å². The first-order chi connectivity index (χ1) is 10.1. The zero-order chi connectivity index (χ0) is 15.7. The number of methoxy groups -OCH3 is 1. The predicted molar refractivity (Wildman–Crippen MR) is 80.9 cm³/mol. The average molecular weight is 295 g/mol. The molecule has 0 aromatic heterocycles. The van der Waals surface area contributed by atoms with E-state index < -0.39 is 12.2 Å². The predicted octanol–water partition coefficient (Wildman–Crippen LogP) is 3.31. The number of hydrogen-bond donors (Lipinski definition) is 1. The van der Waals surface area contributed by atoms with Gasteiger partial charge in [0.05, 0.1) is 0 Å². The summed E-state index contributed by atoms with van der Waals surface area (Å²) < 4.78 is 16.0. The summed E-state index contributed by atoms with van der Waals surface area (Å²) in [5, 5.41) is 0. The van der Waals surface area contributed by atoms with Crippen molar-refractivity contribution in [3.05, 3.63) is 35.4 Å². The second kappa shape index (κ2) is 9.37. The molecule has 0 aliphatic carbocycles. The lowest BCUT2D eigenvalue weighted by Crippen LogP contribution is -2.30. The zero-order valence-electron chi connectivity index (χ0n) is 13.0. The lowest BCUT2D eigenvalue weighted by molar-refractivity contribution is -0.117. The topological polar surface area (TPSA) is 70.8 Å². The van der Waals surface area contributed by atoms with Gasteiger partial charge in [-0.3, -0.25) is 0 Å². The molecular formula is C16H25NO4. The number of primary amides is 1. The lowest BCUT2D eigenvalue weighted by atomic mass is 9.98. The lowest BCUT2D eigenvalue weighted by Gasteiger charge is -2.27. The van der Waals surface area contributed by atoms with Crippen molar-refractivity contribution < 1.29 is 19.0 Å². The van der Waals surface area contributed by atoms with Crippen molar-refractivity contribution in [3.8, 4) is 0 Å². The standard InChI is InChI=1S/C16H25NO4/c1-4-5-9-14(21-16(17)18)15(20-11-19-3)13-8-6-7-12(2)10-13/h6-8,10,14-15H,4-5,9,11H2,1-3H3,(H2,17,18). The fourth-order valence-corrected chi connectivity index (χ4v) is 2.23. The van der Waals surface area contributed by atoms with Crippen LogP contribution in [0, 0.1) is 6.92 Å². The molecule has 1 amide bonds. The molecule has 1 aromatic carbocycles. The largest absolute Gasteiger partial charge is 0.443 e. The van der Waals surface area contributed by atoms with Gasteiger partial charge in [0, 0.05) is 7.11 Å². The molecule has 1 aromatic rings. The number of carbonyl (C=O) groups excluding carboxylic acids is 1. The van der Waals surface area contributed by atoms with Gasteiger partial charge < -0.3 is 19.9 Å². The first-order valence-corrected chi connectivity index (χ1v) is 7.21. The Balaban J connectivity index is 2.96. The minimum atomic E-state index is -0.783. The third kappa shape index (κ3) is 6.14. The third-order valence-electron chi connectivity index (χ3n) is 3.18. The minimum absolute atomic E-state index is 0.128. The van der Waals surface area contributed by atoms with Crippen molar-refractivity contribution in [3.63, 3.8) is 0 Å². The van der Waals surface area contributed by atoms with Crippen LogP contribution in [0.3, 0.4) is 0 Å². The molecule has 5 heteroatoms. The van der Waals surface area contributed by atoms with Gasteiger partial charge in [-0.25, -0.2) is 4.79 Å². The quantitative estimate of drug-likeness (QED) is 0.709. The maximum Gasteiger partial charge on any atom is 0.404 e. The molecule has 0 fully saturated rings. The monoisotopic (exact) mass is 295 g/mol. The summed E-state index contributed by atoms with van der Waals surface area (Å²) in [5.41, 5.74) is 7.26. The summed E-state index contributed by atoms with van der Waals surface area (Å²) in [6.07, 6.45) is 1.04. The Morgan fingerprint density at radius 2 is 2.14 bits per heavy atom. The summed E-state index contributed by atoms with van der Waals surface area (Å²) >= 11 is 0. The van der Waals surface area contributed by atoms with Crippen LogP contribution in [0.1, 0.15) is 43.4 Å². The molecule has 0 saturated heterocycles. The molecule has 118 valence electrons. The number of hydrogen-bond acceptors (Lipinski definition) is 4. The van der Waals surface area contributed by atoms with Crippen molar-refractivity contribution in [1.29, 1.82) is 0 Å². The normalized spacial score (nSPS) is 13.7. The van der Waals surface area contributed by atoms with Crippen LogP contribution < -0.4 is 5.73 Å². The molecule has 21 heavy (non-hydrogen) atoms. The Morgan fingerprint density at radius 1 is 1.38 bits per heavy atom. The minimum Gasteiger partial charge on any atom is -0.443 e. The van der Waals surface area contributed by atoms with E-state index in [-0.39, 0.29) is 12.9 Å². The van der Waals surface area contributed by atoms with Gasteiger partial charge in [-0.2, -0.15) is 0 Å². The van der Waals surface area contributed by atoms with Gasteiger partial charge in [-0.15, -0.1) is 0 Å². The van der Waals surface area contributed by atoms with E-state index in [0.29, 0.717) is 6.42 Å². The van der Waals surface area contributed by atoms with E-state index in [1.54, 1.807) is 7.11 Å². The van der Waals surface area contributed by atoms with Crippen LogP contribution >= 0.6 is 0 Å². The molecule has 1 rings (SSSR count). The Kier molecular flexibility index (Phi) is 7.79. The van der Waals surface area contributed by atoms with Crippen LogP contribution in [0.25, 0.3) is 0 Å². The number of unbranched alkanes of at least 4 members (excludes halogenated alkanes) is 1. The number of ether oxygens (including phenoxy) is 3. The number of benzene rings is 1. The van der Waals surface area contributed by atoms with Gasteiger partial charge in [0.1, 0.15) is 19.0 Å². The van der Waals surface area contributed by atoms with E-state index >= 15 is 0 Å². The third-order valence-corrected chi connectivity index (χ3v) is 3.18. The Labute approximate surface area is 126 Å². The maximum absolute atomic E-state index is 11.2. The highest BCUT2D eigenvalue weighted by molar-refractivity contribution is 5.64. The highest BCUT2D eigenvalue weighted by Crippen LogP contribution is 2.27. The Bertz CT molecular complexity index is 436. The fourth-order valence-electron chi connectivity index (χ4n) is 2.23. The van der Waals surface area contributed by atoms with Crippen LogP contribution in [0.2, 0.25) is 0 Å². The summed E-state index contributed by atoms with van der Waals surface area (Å²) in [6, 6.07) is 7.93. The summed E-state index contributed by atoms with van der Waals surface area (Å²) in [4.78, 5) is 11.2. The van der Waals surface area contributed by atoms with Gasteiger partial charge in [0.2, 0.25) is 0 Å². The SMILES string of the molecule is CCCCC(OC(N)=O)C(OCOC)c1cccc(C)c1. The first kappa shape index (κ1) is 17.5. The summed E-state index contributed by atoms with van der Waals surface area (Å²) in [6.45, 7) is 4.22. The summed E-state index contributed by atoms with van der Waals surface area (Å²) in [7, 11) is 1.56. The molecular weight excluding hydrogens is 270 g/mol.